The van der Waals surface area contributed by atoms with Crippen LogP contribution < -0.4 is 0 Å². The van der Waals surface area contributed by atoms with Crippen LogP contribution in [0.15, 0.2) is 0 Å². The third-order valence-electron chi connectivity index (χ3n) is 3.41. The molecule has 1 amide bonds. The van der Waals surface area contributed by atoms with E-state index in [0.717, 1.165) is 25.7 Å². The lowest BCUT2D eigenvalue weighted by Gasteiger charge is -2.31. The molecule has 3 nitrogen and oxygen atoms in total. The van der Waals surface area contributed by atoms with Crippen LogP contribution in [0.3, 0.4) is 0 Å². The number of nitrogens with zero attached hydrogens (tertiary/aromatic N) is 1. The first-order valence-electron chi connectivity index (χ1n) is 5.63. The highest BCUT2D eigenvalue weighted by atomic mass is 16.2. The van der Waals surface area contributed by atoms with Crippen molar-refractivity contribution in [3.05, 3.63) is 0 Å². The van der Waals surface area contributed by atoms with Crippen molar-refractivity contribution in [3.63, 3.8) is 0 Å². The Balaban J connectivity index is 2.72. The van der Waals surface area contributed by atoms with Gasteiger partial charge in [-0.25, -0.2) is 0 Å². The number of hydrogen-bond donors (Lipinski definition) is 0. The minimum absolute atomic E-state index is 0.0296. The van der Waals surface area contributed by atoms with Gasteiger partial charge in [0.2, 0.25) is 5.91 Å². The van der Waals surface area contributed by atoms with Gasteiger partial charge in [0.25, 0.3) is 0 Å². The summed E-state index contributed by atoms with van der Waals surface area (Å²) in [5, 5.41) is 0. The maximum Gasteiger partial charge on any atom is 0.226 e. The average molecular weight is 211 g/mol. The van der Waals surface area contributed by atoms with E-state index in [4.69, 9.17) is 0 Å². The first kappa shape index (κ1) is 12.2. The lowest BCUT2D eigenvalue weighted by atomic mass is 9.81. The van der Waals surface area contributed by atoms with Crippen LogP contribution in [0.4, 0.5) is 0 Å². The van der Waals surface area contributed by atoms with Crippen LogP contribution >= 0.6 is 0 Å². The largest absolute Gasteiger partial charge is 0.333 e. The fourth-order valence-corrected chi connectivity index (χ4v) is 1.83. The predicted octanol–water partition coefficient (Wildman–Crippen LogP) is 1.86. The maximum atomic E-state index is 12.1. The normalized spacial score (nSPS) is 24.0. The highest BCUT2D eigenvalue weighted by molar-refractivity contribution is 5.82. The fourth-order valence-electron chi connectivity index (χ4n) is 1.83. The van der Waals surface area contributed by atoms with Gasteiger partial charge in [-0.2, -0.15) is 0 Å². The van der Waals surface area contributed by atoms with Crippen LogP contribution in [-0.4, -0.2) is 29.7 Å². The van der Waals surface area contributed by atoms with Crippen LogP contribution in [0.5, 0.6) is 0 Å². The van der Waals surface area contributed by atoms with Crippen molar-refractivity contribution in [1.29, 1.82) is 0 Å². The van der Waals surface area contributed by atoms with E-state index < -0.39 is 0 Å². The SMILES string of the molecule is C[C@H](C(=O)N1CCC[C@H]1C=O)C(C)(C)C. The molecule has 0 radical (unpaired) electrons. The molecule has 0 aromatic heterocycles. The van der Waals surface area contributed by atoms with Gasteiger partial charge in [0.15, 0.2) is 0 Å². The number of carbonyl (C=O) groups is 2. The first-order valence-corrected chi connectivity index (χ1v) is 5.63. The Hall–Kier alpha value is -0.860. The molecule has 1 heterocycles. The zero-order valence-corrected chi connectivity index (χ0v) is 10.1. The van der Waals surface area contributed by atoms with E-state index in [1.165, 1.54) is 0 Å². The molecule has 0 aromatic carbocycles. The smallest absolute Gasteiger partial charge is 0.226 e. The number of rotatable bonds is 2. The van der Waals surface area contributed by atoms with E-state index in [-0.39, 0.29) is 23.3 Å². The lowest BCUT2D eigenvalue weighted by molar-refractivity contribution is -0.140. The van der Waals surface area contributed by atoms with E-state index in [1.807, 2.05) is 6.92 Å². The predicted molar refractivity (Wildman–Crippen MR) is 59.4 cm³/mol. The van der Waals surface area contributed by atoms with Crippen molar-refractivity contribution in [3.8, 4) is 0 Å². The topological polar surface area (TPSA) is 37.4 Å². The number of aldehydes is 1. The summed E-state index contributed by atoms with van der Waals surface area (Å²) in [6.45, 7) is 8.86. The summed E-state index contributed by atoms with van der Waals surface area (Å²) in [6, 6.07) is -0.178. The monoisotopic (exact) mass is 211 g/mol. The summed E-state index contributed by atoms with van der Waals surface area (Å²) in [4.78, 5) is 24.7. The van der Waals surface area contributed by atoms with Crippen LogP contribution in [0.1, 0.15) is 40.5 Å². The minimum atomic E-state index is -0.178. The van der Waals surface area contributed by atoms with Gasteiger partial charge in [0.1, 0.15) is 6.29 Å². The molecule has 3 heteroatoms. The van der Waals surface area contributed by atoms with Crippen molar-refractivity contribution >= 4 is 12.2 Å². The number of carbonyl (C=O) groups excluding carboxylic acids is 2. The van der Waals surface area contributed by atoms with Crippen molar-refractivity contribution in [2.24, 2.45) is 11.3 Å². The second-order valence-corrected chi connectivity index (χ2v) is 5.47. The van der Waals surface area contributed by atoms with E-state index in [1.54, 1.807) is 4.90 Å². The zero-order chi connectivity index (χ0) is 11.6. The van der Waals surface area contributed by atoms with Crippen molar-refractivity contribution in [2.45, 2.75) is 46.6 Å². The molecule has 1 aliphatic heterocycles. The maximum absolute atomic E-state index is 12.1. The summed E-state index contributed by atoms with van der Waals surface area (Å²) < 4.78 is 0. The molecule has 2 atom stereocenters. The van der Waals surface area contributed by atoms with E-state index in [2.05, 4.69) is 20.8 Å². The third kappa shape index (κ3) is 2.58. The van der Waals surface area contributed by atoms with Gasteiger partial charge in [-0.15, -0.1) is 0 Å². The van der Waals surface area contributed by atoms with E-state index in [0.29, 0.717) is 0 Å². The molecule has 1 rings (SSSR count). The van der Waals surface area contributed by atoms with Crippen LogP contribution in [0.2, 0.25) is 0 Å². The molecule has 0 spiro atoms. The number of amides is 1. The summed E-state index contributed by atoms with van der Waals surface area (Å²) in [6.07, 6.45) is 2.68. The Bertz CT molecular complexity index is 255. The highest BCUT2D eigenvalue weighted by Gasteiger charge is 2.35. The lowest BCUT2D eigenvalue weighted by Crippen LogP contribution is -2.43. The summed E-state index contributed by atoms with van der Waals surface area (Å²) in [5.41, 5.74) is -0.0346. The van der Waals surface area contributed by atoms with Gasteiger partial charge in [0, 0.05) is 12.5 Å². The van der Waals surface area contributed by atoms with Gasteiger partial charge in [0.05, 0.1) is 6.04 Å². The Morgan fingerprint density at radius 3 is 2.53 bits per heavy atom. The molecule has 1 aliphatic rings. The molecule has 86 valence electrons. The molecular weight excluding hydrogens is 190 g/mol. The zero-order valence-electron chi connectivity index (χ0n) is 10.1. The van der Waals surface area contributed by atoms with Gasteiger partial charge in [-0.1, -0.05) is 27.7 Å². The van der Waals surface area contributed by atoms with Crippen molar-refractivity contribution in [2.75, 3.05) is 6.54 Å². The van der Waals surface area contributed by atoms with Crippen LogP contribution in [0.25, 0.3) is 0 Å². The van der Waals surface area contributed by atoms with E-state index >= 15 is 0 Å². The molecule has 0 aliphatic carbocycles. The fraction of sp³-hybridized carbons (Fsp3) is 0.833. The second kappa shape index (κ2) is 4.33. The molecule has 1 saturated heterocycles. The van der Waals surface area contributed by atoms with Crippen molar-refractivity contribution in [1.82, 2.24) is 4.90 Å². The molecule has 0 unspecified atom stereocenters. The summed E-state index contributed by atoms with van der Waals surface area (Å²) in [5.74, 6) is 0.0927. The second-order valence-electron chi connectivity index (χ2n) is 5.47. The molecule has 0 N–H and O–H groups in total. The summed E-state index contributed by atoms with van der Waals surface area (Å²) >= 11 is 0. The quantitative estimate of drug-likeness (QED) is 0.654. The standard InChI is InChI=1S/C12H21NO2/c1-9(12(2,3)4)11(15)13-7-5-6-10(13)8-14/h8-10H,5-7H2,1-4H3/t9-,10+/m1/s1. The number of likely N-dealkylation sites (tertiary alicyclic amines) is 1. The average Bonchev–Trinajstić information content (AvgIpc) is 2.61. The molecule has 0 bridgehead atoms. The van der Waals surface area contributed by atoms with Gasteiger partial charge in [-0.05, 0) is 18.3 Å². The summed E-state index contributed by atoms with van der Waals surface area (Å²) in [7, 11) is 0. The Morgan fingerprint density at radius 1 is 1.47 bits per heavy atom. The molecular formula is C12H21NO2. The highest BCUT2D eigenvalue weighted by Crippen LogP contribution is 2.29. The third-order valence-corrected chi connectivity index (χ3v) is 3.41. The van der Waals surface area contributed by atoms with Crippen LogP contribution in [0, 0.1) is 11.3 Å². The van der Waals surface area contributed by atoms with E-state index in [9.17, 15) is 9.59 Å². The molecule has 15 heavy (non-hydrogen) atoms. The van der Waals surface area contributed by atoms with Gasteiger partial charge in [-0.3, -0.25) is 4.79 Å². The first-order chi connectivity index (χ1) is 6.88. The molecule has 0 aromatic rings. The minimum Gasteiger partial charge on any atom is -0.333 e. The van der Waals surface area contributed by atoms with Crippen molar-refractivity contribution < 1.29 is 9.59 Å². The Morgan fingerprint density at radius 2 is 2.07 bits per heavy atom. The Kier molecular flexibility index (Phi) is 3.53. The Labute approximate surface area is 91.8 Å². The van der Waals surface area contributed by atoms with Gasteiger partial charge < -0.3 is 9.69 Å². The van der Waals surface area contributed by atoms with Crippen LogP contribution in [-0.2, 0) is 9.59 Å². The van der Waals surface area contributed by atoms with Gasteiger partial charge >= 0.3 is 0 Å². The molecule has 0 saturated carbocycles. The number of hydrogen-bond acceptors (Lipinski definition) is 2. The molecule has 1 fully saturated rings.